The minimum Gasteiger partial charge on any atom is -0.343 e. The van der Waals surface area contributed by atoms with Crippen molar-refractivity contribution in [1.82, 2.24) is 10.2 Å². The number of carbonyl (C=O) groups excluding carboxylic acids is 1. The fourth-order valence-corrected chi connectivity index (χ4v) is 2.18. The molecule has 0 rings (SSSR count). The summed E-state index contributed by atoms with van der Waals surface area (Å²) in [6.07, 6.45) is 6.48. The summed E-state index contributed by atoms with van der Waals surface area (Å²) in [7, 11) is 0. The predicted molar refractivity (Wildman–Crippen MR) is 88.0 cm³/mol. The Morgan fingerprint density at radius 1 is 1.00 bits per heavy atom. The van der Waals surface area contributed by atoms with Crippen LogP contribution in [0.25, 0.3) is 0 Å². The summed E-state index contributed by atoms with van der Waals surface area (Å²) in [4.78, 5) is 14.4. The molecule has 0 fully saturated rings. The Labute approximate surface area is 126 Å². The van der Waals surface area contributed by atoms with Crippen molar-refractivity contribution in [2.24, 2.45) is 5.41 Å². The summed E-state index contributed by atoms with van der Waals surface area (Å²) < 4.78 is 0. The monoisotopic (exact) mass is 284 g/mol. The SMILES string of the molecule is CCCCN(CCCCCNCC)C(=O)CC(C)(C)C. The molecule has 1 N–H and O–H groups in total. The second-order valence-electron chi connectivity index (χ2n) is 6.89. The van der Waals surface area contributed by atoms with Gasteiger partial charge in [-0.2, -0.15) is 0 Å². The van der Waals surface area contributed by atoms with Crippen LogP contribution in [0.4, 0.5) is 0 Å². The highest BCUT2D eigenvalue weighted by atomic mass is 16.2. The summed E-state index contributed by atoms with van der Waals surface area (Å²) in [5.74, 6) is 0.331. The molecule has 0 heterocycles. The van der Waals surface area contributed by atoms with Crippen molar-refractivity contribution < 1.29 is 4.79 Å². The quantitative estimate of drug-likeness (QED) is 0.585. The average molecular weight is 284 g/mol. The third-order valence-corrected chi connectivity index (χ3v) is 3.35. The molecule has 3 heteroatoms. The van der Waals surface area contributed by atoms with Crippen LogP contribution in [0.1, 0.15) is 73.1 Å². The Kier molecular flexibility index (Phi) is 10.8. The summed E-state index contributed by atoms with van der Waals surface area (Å²) in [6, 6.07) is 0. The van der Waals surface area contributed by atoms with E-state index in [1.54, 1.807) is 0 Å². The molecule has 0 aromatic rings. The lowest BCUT2D eigenvalue weighted by molar-refractivity contribution is -0.133. The lowest BCUT2D eigenvalue weighted by Crippen LogP contribution is -2.35. The van der Waals surface area contributed by atoms with E-state index in [2.05, 4.69) is 44.8 Å². The molecule has 0 aromatic heterocycles. The maximum atomic E-state index is 12.3. The van der Waals surface area contributed by atoms with Gasteiger partial charge in [0.15, 0.2) is 0 Å². The standard InChI is InChI=1S/C17H36N2O/c1-6-8-13-19(16(20)15-17(3,4)5)14-11-9-10-12-18-7-2/h18H,6-15H2,1-5H3. The highest BCUT2D eigenvalue weighted by Gasteiger charge is 2.20. The Morgan fingerprint density at radius 3 is 2.20 bits per heavy atom. The molecule has 0 aliphatic rings. The molecule has 0 aliphatic carbocycles. The molecular formula is C17H36N2O. The van der Waals surface area contributed by atoms with Crippen molar-refractivity contribution in [2.75, 3.05) is 26.2 Å². The first-order valence-electron chi connectivity index (χ1n) is 8.39. The van der Waals surface area contributed by atoms with Crippen molar-refractivity contribution in [1.29, 1.82) is 0 Å². The van der Waals surface area contributed by atoms with E-state index in [4.69, 9.17) is 0 Å². The fourth-order valence-electron chi connectivity index (χ4n) is 2.18. The zero-order chi connectivity index (χ0) is 15.4. The van der Waals surface area contributed by atoms with Crippen LogP contribution >= 0.6 is 0 Å². The summed E-state index contributed by atoms with van der Waals surface area (Å²) >= 11 is 0. The van der Waals surface area contributed by atoms with Crippen LogP contribution in [-0.2, 0) is 4.79 Å². The molecular weight excluding hydrogens is 248 g/mol. The first kappa shape index (κ1) is 19.4. The minimum atomic E-state index is 0.0899. The van der Waals surface area contributed by atoms with E-state index < -0.39 is 0 Å². The van der Waals surface area contributed by atoms with Crippen molar-refractivity contribution in [2.45, 2.75) is 73.1 Å². The molecule has 0 bridgehead atoms. The third kappa shape index (κ3) is 11.3. The number of carbonyl (C=O) groups is 1. The highest BCUT2D eigenvalue weighted by Crippen LogP contribution is 2.20. The van der Waals surface area contributed by atoms with Gasteiger partial charge < -0.3 is 10.2 Å². The van der Waals surface area contributed by atoms with Gasteiger partial charge in [-0.05, 0) is 37.8 Å². The topological polar surface area (TPSA) is 32.3 Å². The van der Waals surface area contributed by atoms with Gasteiger partial charge in [0.25, 0.3) is 0 Å². The summed E-state index contributed by atoms with van der Waals surface area (Å²) in [5, 5.41) is 3.34. The second-order valence-corrected chi connectivity index (χ2v) is 6.89. The Hall–Kier alpha value is -0.570. The van der Waals surface area contributed by atoms with Gasteiger partial charge in [-0.3, -0.25) is 4.79 Å². The van der Waals surface area contributed by atoms with E-state index in [1.165, 1.54) is 12.8 Å². The molecule has 1 amide bonds. The zero-order valence-corrected chi connectivity index (χ0v) is 14.4. The van der Waals surface area contributed by atoms with Gasteiger partial charge >= 0.3 is 0 Å². The van der Waals surface area contributed by atoms with E-state index in [0.717, 1.165) is 45.4 Å². The molecule has 120 valence electrons. The fraction of sp³-hybridized carbons (Fsp3) is 0.941. The molecule has 0 unspecified atom stereocenters. The van der Waals surface area contributed by atoms with Crippen molar-refractivity contribution in [3.63, 3.8) is 0 Å². The molecule has 0 radical (unpaired) electrons. The molecule has 3 nitrogen and oxygen atoms in total. The van der Waals surface area contributed by atoms with Crippen molar-refractivity contribution >= 4 is 5.91 Å². The van der Waals surface area contributed by atoms with Crippen molar-refractivity contribution in [3.8, 4) is 0 Å². The number of amides is 1. The van der Waals surface area contributed by atoms with Crippen LogP contribution in [0.3, 0.4) is 0 Å². The number of unbranched alkanes of at least 4 members (excludes halogenated alkanes) is 3. The number of hydrogen-bond donors (Lipinski definition) is 1. The Balaban J connectivity index is 4.04. The van der Waals surface area contributed by atoms with Crippen LogP contribution in [-0.4, -0.2) is 37.0 Å². The first-order chi connectivity index (χ1) is 9.40. The van der Waals surface area contributed by atoms with Gasteiger partial charge in [-0.25, -0.2) is 0 Å². The molecule has 0 saturated carbocycles. The number of hydrogen-bond acceptors (Lipinski definition) is 2. The minimum absolute atomic E-state index is 0.0899. The highest BCUT2D eigenvalue weighted by molar-refractivity contribution is 5.76. The van der Waals surface area contributed by atoms with Crippen LogP contribution in [0.15, 0.2) is 0 Å². The van der Waals surface area contributed by atoms with Crippen LogP contribution < -0.4 is 5.32 Å². The first-order valence-corrected chi connectivity index (χ1v) is 8.39. The Morgan fingerprint density at radius 2 is 1.65 bits per heavy atom. The summed E-state index contributed by atoms with van der Waals surface area (Å²) in [5.41, 5.74) is 0.0899. The number of rotatable bonds is 11. The van der Waals surface area contributed by atoms with E-state index in [-0.39, 0.29) is 5.41 Å². The number of nitrogens with one attached hydrogen (secondary N) is 1. The van der Waals surface area contributed by atoms with Gasteiger partial charge in [0, 0.05) is 19.5 Å². The average Bonchev–Trinajstić information content (AvgIpc) is 2.34. The van der Waals surface area contributed by atoms with Gasteiger partial charge in [-0.15, -0.1) is 0 Å². The van der Waals surface area contributed by atoms with Crippen LogP contribution in [0.5, 0.6) is 0 Å². The van der Waals surface area contributed by atoms with Crippen LogP contribution in [0.2, 0.25) is 0 Å². The van der Waals surface area contributed by atoms with Gasteiger partial charge in [-0.1, -0.05) is 47.5 Å². The maximum absolute atomic E-state index is 12.3. The molecule has 20 heavy (non-hydrogen) atoms. The van der Waals surface area contributed by atoms with Gasteiger partial charge in [0.05, 0.1) is 0 Å². The second kappa shape index (κ2) is 11.1. The maximum Gasteiger partial charge on any atom is 0.223 e. The zero-order valence-electron chi connectivity index (χ0n) is 14.4. The van der Waals surface area contributed by atoms with E-state index in [0.29, 0.717) is 12.3 Å². The molecule has 0 aromatic carbocycles. The molecule has 0 spiro atoms. The van der Waals surface area contributed by atoms with Gasteiger partial charge in [0.1, 0.15) is 0 Å². The number of nitrogens with zero attached hydrogens (tertiary/aromatic N) is 1. The normalized spacial score (nSPS) is 11.7. The lowest BCUT2D eigenvalue weighted by atomic mass is 9.91. The van der Waals surface area contributed by atoms with Crippen LogP contribution in [0, 0.1) is 5.41 Å². The summed E-state index contributed by atoms with van der Waals surface area (Å²) in [6.45, 7) is 14.7. The van der Waals surface area contributed by atoms with Crippen molar-refractivity contribution in [3.05, 3.63) is 0 Å². The van der Waals surface area contributed by atoms with E-state index >= 15 is 0 Å². The third-order valence-electron chi connectivity index (χ3n) is 3.35. The molecule has 0 saturated heterocycles. The Bertz CT molecular complexity index is 246. The largest absolute Gasteiger partial charge is 0.343 e. The van der Waals surface area contributed by atoms with E-state index in [1.807, 2.05) is 0 Å². The lowest BCUT2D eigenvalue weighted by Gasteiger charge is -2.26. The molecule has 0 aliphatic heterocycles. The predicted octanol–water partition coefficient (Wildman–Crippen LogP) is 3.83. The smallest absolute Gasteiger partial charge is 0.223 e. The van der Waals surface area contributed by atoms with Gasteiger partial charge in [0.2, 0.25) is 5.91 Å². The molecule has 0 atom stereocenters. The van der Waals surface area contributed by atoms with E-state index in [9.17, 15) is 4.79 Å².